The van der Waals surface area contributed by atoms with E-state index in [1.54, 1.807) is 18.3 Å². The second-order valence-corrected chi connectivity index (χ2v) is 9.20. The van der Waals surface area contributed by atoms with Gasteiger partial charge in [-0.2, -0.15) is 0 Å². The Hall–Kier alpha value is -3.94. The molecule has 186 valence electrons. The Morgan fingerprint density at radius 2 is 1.44 bits per heavy atom. The van der Waals surface area contributed by atoms with Gasteiger partial charge in [-0.25, -0.2) is 9.37 Å². The number of hydrogen-bond acceptors (Lipinski definition) is 5. The van der Waals surface area contributed by atoms with Gasteiger partial charge >= 0.3 is 0 Å². The Balaban J connectivity index is 1.19. The van der Waals surface area contributed by atoms with Crippen LogP contribution in [0.25, 0.3) is 0 Å². The molecule has 8 heteroatoms. The Kier molecular flexibility index (Phi) is 7.11. The van der Waals surface area contributed by atoms with E-state index in [1.165, 1.54) is 12.1 Å². The van der Waals surface area contributed by atoms with Crippen LogP contribution in [0.3, 0.4) is 0 Å². The van der Waals surface area contributed by atoms with E-state index < -0.39 is 5.82 Å². The second-order valence-electron chi connectivity index (χ2n) is 9.20. The molecule has 2 fully saturated rings. The van der Waals surface area contributed by atoms with Gasteiger partial charge < -0.3 is 20.0 Å². The summed E-state index contributed by atoms with van der Waals surface area (Å²) < 4.78 is 13.9. The van der Waals surface area contributed by atoms with Gasteiger partial charge in [-0.3, -0.25) is 9.59 Å². The molecule has 3 aromatic rings. The third kappa shape index (κ3) is 5.17. The molecule has 2 saturated heterocycles. The van der Waals surface area contributed by atoms with Gasteiger partial charge in [0.2, 0.25) is 0 Å². The summed E-state index contributed by atoms with van der Waals surface area (Å²) in [5.74, 6) is 0.0870. The van der Waals surface area contributed by atoms with Gasteiger partial charge in [-0.1, -0.05) is 30.3 Å². The molecule has 0 unspecified atom stereocenters. The molecular weight excluding hydrogens is 457 g/mol. The van der Waals surface area contributed by atoms with Crippen LogP contribution in [0.2, 0.25) is 0 Å². The number of aromatic nitrogens is 1. The largest absolute Gasteiger partial charge is 0.371 e. The van der Waals surface area contributed by atoms with Crippen molar-refractivity contribution in [2.24, 2.45) is 0 Å². The van der Waals surface area contributed by atoms with Gasteiger partial charge in [0.25, 0.3) is 11.8 Å². The lowest BCUT2D eigenvalue weighted by Crippen LogP contribution is -2.49. The van der Waals surface area contributed by atoms with Crippen molar-refractivity contribution in [3.8, 4) is 0 Å². The van der Waals surface area contributed by atoms with Gasteiger partial charge in [0.15, 0.2) is 0 Å². The summed E-state index contributed by atoms with van der Waals surface area (Å²) in [6.07, 6.45) is 3.24. The van der Waals surface area contributed by atoms with E-state index in [4.69, 9.17) is 0 Å². The summed E-state index contributed by atoms with van der Waals surface area (Å²) in [5.41, 5.74) is 1.70. The maximum absolute atomic E-state index is 13.9. The maximum atomic E-state index is 13.9. The Morgan fingerprint density at radius 3 is 2.14 bits per heavy atom. The van der Waals surface area contributed by atoms with E-state index in [2.05, 4.69) is 20.1 Å². The van der Waals surface area contributed by atoms with Gasteiger partial charge in [0.05, 0.1) is 11.1 Å². The average Bonchev–Trinajstić information content (AvgIpc) is 2.94. The number of pyridine rings is 1. The van der Waals surface area contributed by atoms with Crippen LogP contribution in [-0.2, 0) is 0 Å². The normalized spacial score (nSPS) is 16.6. The first-order chi connectivity index (χ1) is 17.6. The third-order valence-corrected chi connectivity index (χ3v) is 6.96. The van der Waals surface area contributed by atoms with E-state index in [0.717, 1.165) is 37.4 Å². The van der Waals surface area contributed by atoms with Crippen molar-refractivity contribution >= 4 is 23.3 Å². The minimum atomic E-state index is -0.513. The summed E-state index contributed by atoms with van der Waals surface area (Å²) in [4.78, 5) is 36.7. The highest BCUT2D eigenvalue weighted by Gasteiger charge is 2.28. The fraction of sp³-hybridized carbons (Fsp3) is 0.321. The summed E-state index contributed by atoms with van der Waals surface area (Å²) in [6, 6.07) is 19.6. The number of nitrogens with one attached hydrogen (secondary N) is 1. The summed E-state index contributed by atoms with van der Waals surface area (Å²) in [6.45, 7) is 4.21. The molecule has 3 heterocycles. The Bertz CT molecular complexity index is 1210. The van der Waals surface area contributed by atoms with Crippen LogP contribution in [0.4, 0.5) is 15.9 Å². The molecule has 7 nitrogen and oxygen atoms in total. The number of amides is 2. The summed E-state index contributed by atoms with van der Waals surface area (Å²) in [5, 5.41) is 2.96. The maximum Gasteiger partial charge on any atom is 0.256 e. The van der Waals surface area contributed by atoms with E-state index in [9.17, 15) is 14.0 Å². The zero-order valence-corrected chi connectivity index (χ0v) is 20.1. The zero-order chi connectivity index (χ0) is 24.9. The molecule has 1 aromatic heterocycles. The van der Waals surface area contributed by atoms with Crippen molar-refractivity contribution in [2.75, 3.05) is 49.1 Å². The van der Waals surface area contributed by atoms with Crippen molar-refractivity contribution in [3.05, 3.63) is 89.9 Å². The fourth-order valence-electron chi connectivity index (χ4n) is 4.95. The summed E-state index contributed by atoms with van der Waals surface area (Å²) >= 11 is 0. The number of anilines is 2. The number of piperazine rings is 1. The standard InChI is InChI=1S/C28H30FN5O2/c29-24-9-3-1-7-22(24)27(35)31-21-12-15-32(16-13-21)25-10-4-2-8-23(25)28(36)34-19-17-33(18-20-34)26-11-5-6-14-30-26/h1-11,14,21H,12-13,15-20H2,(H,31,35). The molecule has 0 radical (unpaired) electrons. The van der Waals surface area contributed by atoms with E-state index in [0.29, 0.717) is 31.7 Å². The summed E-state index contributed by atoms with van der Waals surface area (Å²) in [7, 11) is 0. The highest BCUT2D eigenvalue weighted by molar-refractivity contribution is 6.00. The average molecular weight is 488 g/mol. The van der Waals surface area contributed by atoms with Crippen molar-refractivity contribution < 1.29 is 14.0 Å². The molecular formula is C28H30FN5O2. The molecule has 5 rings (SSSR count). The molecule has 2 amide bonds. The first kappa shape index (κ1) is 23.8. The molecule has 2 aliphatic heterocycles. The third-order valence-electron chi connectivity index (χ3n) is 6.96. The number of rotatable bonds is 5. The van der Waals surface area contributed by atoms with Crippen molar-refractivity contribution in [1.82, 2.24) is 15.2 Å². The number of nitrogens with zero attached hydrogens (tertiary/aromatic N) is 4. The first-order valence-electron chi connectivity index (χ1n) is 12.4. The molecule has 0 bridgehead atoms. The minimum Gasteiger partial charge on any atom is -0.371 e. The van der Waals surface area contributed by atoms with Crippen molar-refractivity contribution in [3.63, 3.8) is 0 Å². The van der Waals surface area contributed by atoms with Crippen LogP contribution in [0.15, 0.2) is 72.9 Å². The van der Waals surface area contributed by atoms with Gasteiger partial charge in [0, 0.05) is 57.2 Å². The lowest BCUT2D eigenvalue weighted by Gasteiger charge is -2.37. The first-order valence-corrected chi connectivity index (χ1v) is 12.4. The van der Waals surface area contributed by atoms with Gasteiger partial charge in [-0.05, 0) is 49.2 Å². The topological polar surface area (TPSA) is 68.8 Å². The van der Waals surface area contributed by atoms with E-state index >= 15 is 0 Å². The second kappa shape index (κ2) is 10.8. The lowest BCUT2D eigenvalue weighted by atomic mass is 10.0. The molecule has 2 aliphatic rings. The SMILES string of the molecule is O=C(NC1CCN(c2ccccc2C(=O)N2CCN(c3ccccn3)CC2)CC1)c1ccccc1F. The quantitative estimate of drug-likeness (QED) is 0.596. The number of halogens is 1. The van der Waals surface area contributed by atoms with Crippen LogP contribution in [0, 0.1) is 5.82 Å². The van der Waals surface area contributed by atoms with Crippen LogP contribution in [0.5, 0.6) is 0 Å². The van der Waals surface area contributed by atoms with Crippen molar-refractivity contribution in [1.29, 1.82) is 0 Å². The predicted octanol–water partition coefficient (Wildman–Crippen LogP) is 3.58. The van der Waals surface area contributed by atoms with E-state index in [1.807, 2.05) is 47.4 Å². The Labute approximate surface area is 210 Å². The van der Waals surface area contributed by atoms with Gasteiger partial charge in [-0.15, -0.1) is 0 Å². The molecule has 2 aromatic carbocycles. The molecule has 36 heavy (non-hydrogen) atoms. The van der Waals surface area contributed by atoms with Crippen molar-refractivity contribution in [2.45, 2.75) is 18.9 Å². The number of piperidine rings is 1. The number of benzene rings is 2. The number of carbonyl (C=O) groups is 2. The van der Waals surface area contributed by atoms with Crippen LogP contribution < -0.4 is 15.1 Å². The lowest BCUT2D eigenvalue weighted by molar-refractivity contribution is 0.0747. The van der Waals surface area contributed by atoms with Crippen LogP contribution in [-0.4, -0.2) is 67.0 Å². The smallest absolute Gasteiger partial charge is 0.256 e. The molecule has 0 aliphatic carbocycles. The Morgan fingerprint density at radius 1 is 0.778 bits per heavy atom. The van der Waals surface area contributed by atoms with Crippen LogP contribution >= 0.6 is 0 Å². The molecule has 0 atom stereocenters. The van der Waals surface area contributed by atoms with Crippen LogP contribution in [0.1, 0.15) is 33.6 Å². The van der Waals surface area contributed by atoms with E-state index in [-0.39, 0.29) is 23.4 Å². The zero-order valence-electron chi connectivity index (χ0n) is 20.1. The molecule has 0 saturated carbocycles. The highest BCUT2D eigenvalue weighted by atomic mass is 19.1. The predicted molar refractivity (Wildman–Crippen MR) is 138 cm³/mol. The number of para-hydroxylation sites is 1. The molecule has 0 spiro atoms. The number of carbonyl (C=O) groups excluding carboxylic acids is 2. The number of hydrogen-bond donors (Lipinski definition) is 1. The van der Waals surface area contributed by atoms with Gasteiger partial charge in [0.1, 0.15) is 11.6 Å². The minimum absolute atomic E-state index is 0.0316. The monoisotopic (exact) mass is 487 g/mol. The fourth-order valence-corrected chi connectivity index (χ4v) is 4.95. The molecule has 1 N–H and O–H groups in total. The highest BCUT2D eigenvalue weighted by Crippen LogP contribution is 2.26.